The van der Waals surface area contributed by atoms with E-state index in [1.807, 2.05) is 31.4 Å². The second-order valence-electron chi connectivity index (χ2n) is 4.30. The molecular weight excluding hydrogens is 266 g/mol. The van der Waals surface area contributed by atoms with E-state index in [2.05, 4.69) is 4.98 Å². The molecule has 1 atom stereocenters. The molecule has 0 saturated carbocycles. The lowest BCUT2D eigenvalue weighted by atomic mass is 10.2. The van der Waals surface area contributed by atoms with E-state index in [0.29, 0.717) is 11.8 Å². The minimum absolute atomic E-state index is 0.241. The van der Waals surface area contributed by atoms with Gasteiger partial charge in [-0.2, -0.15) is 11.8 Å². The summed E-state index contributed by atoms with van der Waals surface area (Å²) < 4.78 is 5.68. The maximum Gasteiger partial charge on any atom is 0.236 e. The molecule has 98 valence electrons. The van der Waals surface area contributed by atoms with Crippen molar-refractivity contribution in [2.24, 2.45) is 5.92 Å². The highest BCUT2D eigenvalue weighted by Crippen LogP contribution is 2.27. The van der Waals surface area contributed by atoms with E-state index < -0.39 is 0 Å². The first-order valence-electron chi connectivity index (χ1n) is 5.89. The molecule has 0 aliphatic carbocycles. The summed E-state index contributed by atoms with van der Waals surface area (Å²) in [6, 6.07) is 4.01. The van der Waals surface area contributed by atoms with Crippen molar-refractivity contribution in [2.45, 2.75) is 19.6 Å². The molecule has 5 heteroatoms. The Kier molecular flexibility index (Phi) is 4.86. The molecule has 0 fully saturated rings. The number of nitrogens with zero attached hydrogens (tertiary/aromatic N) is 1. The summed E-state index contributed by atoms with van der Waals surface area (Å²) in [5, 5.41) is 11.0. The van der Waals surface area contributed by atoms with Gasteiger partial charge in [-0.3, -0.25) is 0 Å². The number of aromatic nitrogens is 1. The molecular formula is C13H17NO2S2. The average molecular weight is 283 g/mol. The normalized spacial score (nSPS) is 12.8. The average Bonchev–Trinajstić information content (AvgIpc) is 2.99. The summed E-state index contributed by atoms with van der Waals surface area (Å²) in [7, 11) is 0. The molecule has 0 aliphatic rings. The fourth-order valence-corrected chi connectivity index (χ4v) is 3.21. The molecule has 0 saturated heterocycles. The fourth-order valence-electron chi connectivity index (χ4n) is 1.48. The van der Waals surface area contributed by atoms with Gasteiger partial charge >= 0.3 is 0 Å². The van der Waals surface area contributed by atoms with Crippen molar-refractivity contribution >= 4 is 23.1 Å². The van der Waals surface area contributed by atoms with E-state index >= 15 is 0 Å². The largest absolute Gasteiger partial charge is 0.440 e. The minimum Gasteiger partial charge on any atom is -0.440 e. The Hall–Kier alpha value is -0.780. The zero-order chi connectivity index (χ0) is 13.0. The predicted molar refractivity (Wildman–Crippen MR) is 77.0 cm³/mol. The van der Waals surface area contributed by atoms with E-state index in [4.69, 9.17) is 9.52 Å². The van der Waals surface area contributed by atoms with Gasteiger partial charge in [-0.15, -0.1) is 11.3 Å². The highest BCUT2D eigenvalue weighted by Gasteiger charge is 2.12. The topological polar surface area (TPSA) is 46.3 Å². The number of aliphatic hydroxyl groups is 1. The smallest absolute Gasteiger partial charge is 0.236 e. The van der Waals surface area contributed by atoms with Crippen LogP contribution in [0.1, 0.15) is 18.4 Å². The first kappa shape index (κ1) is 13.6. The molecule has 1 N–H and O–H groups in total. The fraction of sp³-hybridized carbons (Fsp3) is 0.462. The molecule has 2 rings (SSSR count). The van der Waals surface area contributed by atoms with Crippen molar-refractivity contribution in [2.75, 3.05) is 12.4 Å². The number of hydrogen-bond donors (Lipinski definition) is 1. The molecule has 0 amide bonds. The van der Waals surface area contributed by atoms with Crippen LogP contribution >= 0.6 is 23.1 Å². The van der Waals surface area contributed by atoms with Crippen LogP contribution in [-0.4, -0.2) is 22.5 Å². The van der Waals surface area contributed by atoms with Gasteiger partial charge < -0.3 is 9.52 Å². The lowest BCUT2D eigenvalue weighted by Gasteiger charge is -2.05. The highest BCUT2D eigenvalue weighted by atomic mass is 32.2. The second kappa shape index (κ2) is 6.41. The van der Waals surface area contributed by atoms with Gasteiger partial charge in [0.15, 0.2) is 0 Å². The summed E-state index contributed by atoms with van der Waals surface area (Å²) in [4.78, 5) is 5.60. The Morgan fingerprint density at radius 1 is 1.56 bits per heavy atom. The van der Waals surface area contributed by atoms with Gasteiger partial charge in [-0.1, -0.05) is 13.0 Å². The molecule has 0 bridgehead atoms. The summed E-state index contributed by atoms with van der Waals surface area (Å²) in [5.74, 6) is 3.72. The monoisotopic (exact) mass is 283 g/mol. The highest BCUT2D eigenvalue weighted by molar-refractivity contribution is 7.98. The standard InChI is InChI=1S/C13H17NO2S2/c1-9(6-15)7-17-8-11-10(2)16-13(14-11)12-4-3-5-18-12/h3-5,9,15H,6-8H2,1-2H3. The lowest BCUT2D eigenvalue weighted by molar-refractivity contribution is 0.250. The first-order valence-corrected chi connectivity index (χ1v) is 7.93. The Balaban J connectivity index is 1.97. The number of thiophene rings is 1. The van der Waals surface area contributed by atoms with Crippen molar-refractivity contribution in [1.29, 1.82) is 0 Å². The molecule has 0 radical (unpaired) electrons. The van der Waals surface area contributed by atoms with Crippen LogP contribution in [0.4, 0.5) is 0 Å². The number of rotatable bonds is 6. The number of aryl methyl sites for hydroxylation is 1. The lowest BCUT2D eigenvalue weighted by Crippen LogP contribution is -2.03. The molecule has 2 aromatic heterocycles. The molecule has 3 nitrogen and oxygen atoms in total. The van der Waals surface area contributed by atoms with E-state index in [-0.39, 0.29) is 6.61 Å². The van der Waals surface area contributed by atoms with Gasteiger partial charge in [-0.25, -0.2) is 4.98 Å². The van der Waals surface area contributed by atoms with Gasteiger partial charge in [0.25, 0.3) is 0 Å². The third-order valence-electron chi connectivity index (χ3n) is 2.58. The van der Waals surface area contributed by atoms with Crippen molar-refractivity contribution in [1.82, 2.24) is 4.98 Å². The van der Waals surface area contributed by atoms with Crippen LogP contribution in [-0.2, 0) is 5.75 Å². The van der Waals surface area contributed by atoms with Crippen LogP contribution in [0, 0.1) is 12.8 Å². The van der Waals surface area contributed by atoms with Crippen LogP contribution in [0.3, 0.4) is 0 Å². The van der Waals surface area contributed by atoms with Gasteiger partial charge in [-0.05, 0) is 30.0 Å². The number of thioether (sulfide) groups is 1. The van der Waals surface area contributed by atoms with Crippen molar-refractivity contribution < 1.29 is 9.52 Å². The van der Waals surface area contributed by atoms with Gasteiger partial charge in [0.1, 0.15) is 5.76 Å². The molecule has 2 heterocycles. The Labute approximate surface area is 115 Å². The maximum absolute atomic E-state index is 8.97. The summed E-state index contributed by atoms with van der Waals surface area (Å²) in [6.45, 7) is 4.24. The number of oxazole rings is 1. The van der Waals surface area contributed by atoms with Crippen LogP contribution in [0.25, 0.3) is 10.8 Å². The Morgan fingerprint density at radius 3 is 3.06 bits per heavy atom. The van der Waals surface area contributed by atoms with Crippen LogP contribution < -0.4 is 0 Å². The van der Waals surface area contributed by atoms with Crippen LogP contribution in [0.5, 0.6) is 0 Å². The third kappa shape index (κ3) is 3.37. The number of aliphatic hydroxyl groups excluding tert-OH is 1. The summed E-state index contributed by atoms with van der Waals surface area (Å²) >= 11 is 3.42. The van der Waals surface area contributed by atoms with Gasteiger partial charge in [0, 0.05) is 12.4 Å². The quantitative estimate of drug-likeness (QED) is 0.880. The van der Waals surface area contributed by atoms with Gasteiger partial charge in [0.05, 0.1) is 10.6 Å². The van der Waals surface area contributed by atoms with Crippen molar-refractivity contribution in [3.63, 3.8) is 0 Å². The third-order valence-corrected chi connectivity index (χ3v) is 4.72. The summed E-state index contributed by atoms with van der Waals surface area (Å²) in [5.41, 5.74) is 1.01. The zero-order valence-corrected chi connectivity index (χ0v) is 12.2. The van der Waals surface area contributed by atoms with Crippen molar-refractivity contribution in [3.8, 4) is 10.8 Å². The summed E-state index contributed by atoms with van der Waals surface area (Å²) in [6.07, 6.45) is 0. The maximum atomic E-state index is 8.97. The molecule has 0 aromatic carbocycles. The second-order valence-corrected chi connectivity index (χ2v) is 6.28. The molecule has 1 unspecified atom stereocenters. The van der Waals surface area contributed by atoms with Crippen molar-refractivity contribution in [3.05, 3.63) is 29.0 Å². The molecule has 0 spiro atoms. The molecule has 0 aliphatic heterocycles. The first-order chi connectivity index (χ1) is 8.70. The predicted octanol–water partition coefficient (Wildman–Crippen LogP) is 3.57. The van der Waals surface area contributed by atoms with E-state index in [1.165, 1.54) is 0 Å². The number of hydrogen-bond acceptors (Lipinski definition) is 5. The molecule has 18 heavy (non-hydrogen) atoms. The van der Waals surface area contributed by atoms with Crippen LogP contribution in [0.2, 0.25) is 0 Å². The van der Waals surface area contributed by atoms with E-state index in [9.17, 15) is 0 Å². The van der Waals surface area contributed by atoms with Gasteiger partial charge in [0.2, 0.25) is 5.89 Å². The van der Waals surface area contributed by atoms with E-state index in [0.717, 1.165) is 27.8 Å². The zero-order valence-electron chi connectivity index (χ0n) is 10.5. The molecule has 2 aromatic rings. The van der Waals surface area contributed by atoms with E-state index in [1.54, 1.807) is 23.1 Å². The Morgan fingerprint density at radius 2 is 2.39 bits per heavy atom. The van der Waals surface area contributed by atoms with Crippen LogP contribution in [0.15, 0.2) is 21.9 Å². The minimum atomic E-state index is 0.241. The SMILES string of the molecule is Cc1oc(-c2cccs2)nc1CSCC(C)CO. The Bertz CT molecular complexity index is 479.